The van der Waals surface area contributed by atoms with Crippen LogP contribution in [0.5, 0.6) is 0 Å². The van der Waals surface area contributed by atoms with Gasteiger partial charge in [0.2, 0.25) is 11.8 Å². The van der Waals surface area contributed by atoms with Gasteiger partial charge in [-0.25, -0.2) is 4.79 Å². The predicted octanol–water partition coefficient (Wildman–Crippen LogP) is 2.13. The van der Waals surface area contributed by atoms with E-state index in [4.69, 9.17) is 9.15 Å². The van der Waals surface area contributed by atoms with E-state index in [-0.39, 0.29) is 31.5 Å². The van der Waals surface area contributed by atoms with Gasteiger partial charge in [-0.3, -0.25) is 9.59 Å². The first-order valence-electron chi connectivity index (χ1n) is 7.85. The Morgan fingerprint density at radius 2 is 1.88 bits per heavy atom. The third-order valence-corrected chi connectivity index (χ3v) is 3.41. The van der Waals surface area contributed by atoms with Crippen molar-refractivity contribution >= 4 is 23.5 Å². The summed E-state index contributed by atoms with van der Waals surface area (Å²) in [4.78, 5) is 36.9. The third kappa shape index (κ3) is 5.20. The fraction of sp³-hybridized carbons (Fsp3) is 0.278. The Labute approximate surface area is 145 Å². The Kier molecular flexibility index (Phi) is 6.33. The van der Waals surface area contributed by atoms with Crippen LogP contribution in [0.15, 0.2) is 47.1 Å². The fourth-order valence-electron chi connectivity index (χ4n) is 2.17. The summed E-state index contributed by atoms with van der Waals surface area (Å²) in [7, 11) is 0. The van der Waals surface area contributed by atoms with Gasteiger partial charge in [-0.15, -0.1) is 0 Å². The second kappa shape index (κ2) is 8.68. The van der Waals surface area contributed by atoms with Gasteiger partial charge in [0.25, 0.3) is 0 Å². The Bertz CT molecular complexity index is 722. The molecule has 2 amide bonds. The fourth-order valence-corrected chi connectivity index (χ4v) is 2.17. The minimum absolute atomic E-state index is 0.130. The van der Waals surface area contributed by atoms with Crippen molar-refractivity contribution in [3.05, 3.63) is 54.0 Å². The van der Waals surface area contributed by atoms with E-state index in [9.17, 15) is 14.4 Å². The zero-order valence-electron chi connectivity index (χ0n) is 14.2. The Hall–Kier alpha value is -3.09. The number of esters is 1. The molecule has 2 aromatic rings. The lowest BCUT2D eigenvalue weighted by Gasteiger charge is -2.20. The zero-order chi connectivity index (χ0) is 18.2. The van der Waals surface area contributed by atoms with Gasteiger partial charge >= 0.3 is 5.97 Å². The van der Waals surface area contributed by atoms with Crippen LogP contribution in [-0.2, 0) is 20.9 Å². The van der Waals surface area contributed by atoms with Crippen molar-refractivity contribution in [1.29, 1.82) is 0 Å². The van der Waals surface area contributed by atoms with Crippen molar-refractivity contribution in [2.75, 3.05) is 18.1 Å². The Morgan fingerprint density at radius 1 is 1.16 bits per heavy atom. The van der Waals surface area contributed by atoms with E-state index in [1.807, 2.05) is 0 Å². The van der Waals surface area contributed by atoms with Crippen molar-refractivity contribution in [3.63, 3.8) is 0 Å². The lowest BCUT2D eigenvalue weighted by atomic mass is 10.2. The summed E-state index contributed by atoms with van der Waals surface area (Å²) in [6, 6.07) is 9.81. The van der Waals surface area contributed by atoms with Gasteiger partial charge in [0.15, 0.2) is 0 Å². The maximum Gasteiger partial charge on any atom is 0.338 e. The lowest BCUT2D eigenvalue weighted by Crippen LogP contribution is -2.39. The van der Waals surface area contributed by atoms with Crippen LogP contribution >= 0.6 is 0 Å². The number of hydrogen-bond donors (Lipinski definition) is 1. The molecule has 7 heteroatoms. The molecule has 0 atom stereocenters. The maximum absolute atomic E-state index is 12.1. The molecule has 132 valence electrons. The minimum atomic E-state index is -0.431. The van der Waals surface area contributed by atoms with Crippen molar-refractivity contribution in [2.24, 2.45) is 0 Å². The number of rotatable bonds is 7. The first-order chi connectivity index (χ1) is 12.0. The van der Waals surface area contributed by atoms with Gasteiger partial charge in [0.05, 0.1) is 25.0 Å². The highest BCUT2D eigenvalue weighted by Crippen LogP contribution is 2.16. The topological polar surface area (TPSA) is 88.8 Å². The molecule has 0 aliphatic rings. The molecule has 0 saturated carbocycles. The number of hydrogen-bond acceptors (Lipinski definition) is 5. The second-order valence-corrected chi connectivity index (χ2v) is 5.23. The highest BCUT2D eigenvalue weighted by atomic mass is 16.5. The van der Waals surface area contributed by atoms with Crippen LogP contribution in [0.1, 0.15) is 30.0 Å². The van der Waals surface area contributed by atoms with Crippen molar-refractivity contribution in [2.45, 2.75) is 20.4 Å². The number of carbonyl (C=O) groups excluding carboxylic acids is 3. The number of furan rings is 1. The standard InChI is InChI=1S/C18H20N2O5/c1-3-24-18(23)14-6-8-15(9-7-14)20(13(2)21)12-17(22)19-11-16-5-4-10-25-16/h4-10H,3,11-12H2,1-2H3,(H,19,22). The molecule has 0 fully saturated rings. The molecule has 1 aromatic heterocycles. The number of anilines is 1. The first kappa shape index (κ1) is 18.3. The number of nitrogens with one attached hydrogen (secondary N) is 1. The monoisotopic (exact) mass is 344 g/mol. The van der Waals surface area contributed by atoms with Crippen LogP contribution in [0.4, 0.5) is 5.69 Å². The molecule has 0 spiro atoms. The largest absolute Gasteiger partial charge is 0.467 e. The van der Waals surface area contributed by atoms with Gasteiger partial charge < -0.3 is 19.4 Å². The molecule has 0 radical (unpaired) electrons. The highest BCUT2D eigenvalue weighted by Gasteiger charge is 2.16. The molecule has 25 heavy (non-hydrogen) atoms. The van der Waals surface area contributed by atoms with Gasteiger partial charge in [-0.2, -0.15) is 0 Å². The molecule has 0 unspecified atom stereocenters. The smallest absolute Gasteiger partial charge is 0.338 e. The number of nitrogens with zero attached hydrogens (tertiary/aromatic N) is 1. The number of amides is 2. The van der Waals surface area contributed by atoms with Crippen molar-refractivity contribution in [3.8, 4) is 0 Å². The van der Waals surface area contributed by atoms with E-state index < -0.39 is 5.97 Å². The van der Waals surface area contributed by atoms with E-state index in [1.54, 1.807) is 43.3 Å². The second-order valence-electron chi connectivity index (χ2n) is 5.23. The van der Waals surface area contributed by atoms with E-state index >= 15 is 0 Å². The van der Waals surface area contributed by atoms with Crippen LogP contribution < -0.4 is 10.2 Å². The Balaban J connectivity index is 2.00. The normalized spacial score (nSPS) is 10.2. The number of ether oxygens (including phenoxy) is 1. The third-order valence-electron chi connectivity index (χ3n) is 3.41. The number of benzene rings is 1. The molecule has 0 aliphatic carbocycles. The average molecular weight is 344 g/mol. The average Bonchev–Trinajstić information content (AvgIpc) is 3.11. The highest BCUT2D eigenvalue weighted by molar-refractivity contribution is 5.98. The van der Waals surface area contributed by atoms with Crippen LogP contribution in [0, 0.1) is 0 Å². The van der Waals surface area contributed by atoms with Crippen LogP contribution in [0.25, 0.3) is 0 Å². The minimum Gasteiger partial charge on any atom is -0.467 e. The molecule has 2 rings (SSSR count). The summed E-state index contributed by atoms with van der Waals surface area (Å²) in [5.41, 5.74) is 0.907. The summed E-state index contributed by atoms with van der Waals surface area (Å²) in [6.07, 6.45) is 1.52. The molecule has 0 aliphatic heterocycles. The van der Waals surface area contributed by atoms with Crippen molar-refractivity contribution < 1.29 is 23.5 Å². The summed E-state index contributed by atoms with van der Waals surface area (Å²) < 4.78 is 10.1. The van der Waals surface area contributed by atoms with Crippen molar-refractivity contribution in [1.82, 2.24) is 5.32 Å². The zero-order valence-corrected chi connectivity index (χ0v) is 14.2. The van der Waals surface area contributed by atoms with E-state index in [0.717, 1.165) is 0 Å². The van der Waals surface area contributed by atoms with E-state index in [1.165, 1.54) is 18.1 Å². The number of carbonyl (C=O) groups is 3. The van der Waals surface area contributed by atoms with E-state index in [0.29, 0.717) is 17.0 Å². The van der Waals surface area contributed by atoms with Crippen LogP contribution in [0.3, 0.4) is 0 Å². The molecule has 7 nitrogen and oxygen atoms in total. The van der Waals surface area contributed by atoms with E-state index in [2.05, 4.69) is 5.32 Å². The Morgan fingerprint density at radius 3 is 2.44 bits per heavy atom. The molecule has 0 bridgehead atoms. The van der Waals surface area contributed by atoms with Gasteiger partial charge in [0, 0.05) is 12.6 Å². The van der Waals surface area contributed by atoms with Gasteiger partial charge in [-0.05, 0) is 43.3 Å². The molecule has 1 aromatic carbocycles. The summed E-state index contributed by atoms with van der Waals surface area (Å²) in [6.45, 7) is 3.51. The summed E-state index contributed by atoms with van der Waals surface area (Å²) in [5, 5.41) is 2.69. The van der Waals surface area contributed by atoms with Crippen LogP contribution in [0.2, 0.25) is 0 Å². The predicted molar refractivity (Wildman–Crippen MR) is 91.0 cm³/mol. The molecular formula is C18H20N2O5. The van der Waals surface area contributed by atoms with Crippen LogP contribution in [-0.4, -0.2) is 30.9 Å². The first-order valence-corrected chi connectivity index (χ1v) is 7.85. The quantitative estimate of drug-likeness (QED) is 0.777. The van der Waals surface area contributed by atoms with Gasteiger partial charge in [0.1, 0.15) is 12.3 Å². The maximum atomic E-state index is 12.1. The molecule has 1 heterocycles. The summed E-state index contributed by atoms with van der Waals surface area (Å²) >= 11 is 0. The summed E-state index contributed by atoms with van der Waals surface area (Å²) in [5.74, 6) is -0.403. The van der Waals surface area contributed by atoms with Gasteiger partial charge in [-0.1, -0.05) is 0 Å². The molecule has 1 N–H and O–H groups in total. The SMILES string of the molecule is CCOC(=O)c1ccc(N(CC(=O)NCc2ccco2)C(C)=O)cc1. The molecular weight excluding hydrogens is 324 g/mol. The lowest BCUT2D eigenvalue weighted by molar-refractivity contribution is -0.123. The molecule has 0 saturated heterocycles.